The third-order valence-electron chi connectivity index (χ3n) is 4.77. The first-order chi connectivity index (χ1) is 15.0. The summed E-state index contributed by atoms with van der Waals surface area (Å²) in [5.74, 6) is -0.225. The maximum absolute atomic E-state index is 13.2. The van der Waals surface area contributed by atoms with E-state index in [0.717, 1.165) is 27.3 Å². The minimum absolute atomic E-state index is 0.225. The molecule has 0 saturated carbocycles. The van der Waals surface area contributed by atoms with Gasteiger partial charge in [0.1, 0.15) is 0 Å². The lowest BCUT2D eigenvalue weighted by molar-refractivity contribution is 0.102. The highest BCUT2D eigenvalue weighted by Gasteiger charge is 2.17. The second-order valence-electron chi connectivity index (χ2n) is 6.79. The summed E-state index contributed by atoms with van der Waals surface area (Å²) in [5.41, 5.74) is 4.43. The van der Waals surface area contributed by atoms with Gasteiger partial charge >= 0.3 is 0 Å². The van der Waals surface area contributed by atoms with Gasteiger partial charge < -0.3 is 5.32 Å². The molecule has 1 heterocycles. The van der Waals surface area contributed by atoms with E-state index in [1.807, 2.05) is 66.9 Å². The third-order valence-corrected chi connectivity index (χ3v) is 6.06. The summed E-state index contributed by atoms with van der Waals surface area (Å²) in [6, 6.07) is 24.3. The number of rotatable bonds is 5. The van der Waals surface area contributed by atoms with Crippen molar-refractivity contribution in [3.05, 3.63) is 101 Å². The predicted molar refractivity (Wildman–Crippen MR) is 131 cm³/mol. The van der Waals surface area contributed by atoms with Crippen LogP contribution in [0.25, 0.3) is 22.4 Å². The van der Waals surface area contributed by atoms with Crippen molar-refractivity contribution in [2.24, 2.45) is 0 Å². The van der Waals surface area contributed by atoms with Gasteiger partial charge in [0.15, 0.2) is 0 Å². The summed E-state index contributed by atoms with van der Waals surface area (Å²) in [6.07, 6.45) is 3.73. The Bertz CT molecular complexity index is 1250. The van der Waals surface area contributed by atoms with Crippen LogP contribution in [-0.2, 0) is 0 Å². The van der Waals surface area contributed by atoms with Crippen molar-refractivity contribution >= 4 is 46.6 Å². The van der Waals surface area contributed by atoms with Gasteiger partial charge in [0.05, 0.1) is 5.69 Å². The molecule has 0 saturated heterocycles. The van der Waals surface area contributed by atoms with Gasteiger partial charge in [-0.2, -0.15) is 0 Å². The molecule has 1 N–H and O–H groups in total. The van der Waals surface area contributed by atoms with Gasteiger partial charge in [-0.15, -0.1) is 11.8 Å². The first-order valence-corrected chi connectivity index (χ1v) is 11.5. The maximum Gasteiger partial charge on any atom is 0.256 e. The molecule has 0 radical (unpaired) electrons. The van der Waals surface area contributed by atoms with Crippen molar-refractivity contribution < 1.29 is 4.79 Å². The molecule has 31 heavy (non-hydrogen) atoms. The molecule has 0 aliphatic carbocycles. The van der Waals surface area contributed by atoms with Crippen LogP contribution in [0.15, 0.2) is 90.0 Å². The van der Waals surface area contributed by atoms with Gasteiger partial charge in [-0.25, -0.2) is 0 Å². The Balaban J connectivity index is 1.70. The average Bonchev–Trinajstić information content (AvgIpc) is 2.81. The Hall–Kier alpha value is -2.79. The van der Waals surface area contributed by atoms with E-state index in [4.69, 9.17) is 23.2 Å². The zero-order valence-corrected chi connectivity index (χ0v) is 18.9. The molecule has 0 aliphatic heterocycles. The van der Waals surface area contributed by atoms with Crippen molar-refractivity contribution in [3.63, 3.8) is 0 Å². The second kappa shape index (κ2) is 9.56. The zero-order chi connectivity index (χ0) is 21.8. The Morgan fingerprint density at radius 2 is 1.77 bits per heavy atom. The number of amides is 1. The Morgan fingerprint density at radius 1 is 0.903 bits per heavy atom. The summed E-state index contributed by atoms with van der Waals surface area (Å²) >= 11 is 14.3. The van der Waals surface area contributed by atoms with Crippen LogP contribution in [0.5, 0.6) is 0 Å². The number of halogens is 2. The van der Waals surface area contributed by atoms with Crippen molar-refractivity contribution in [1.82, 2.24) is 4.98 Å². The molecule has 1 aromatic heterocycles. The van der Waals surface area contributed by atoms with E-state index in [1.165, 1.54) is 0 Å². The minimum atomic E-state index is -0.225. The molecule has 0 spiro atoms. The van der Waals surface area contributed by atoms with Crippen molar-refractivity contribution in [2.75, 3.05) is 11.6 Å². The first kappa shape index (κ1) is 21.4. The van der Waals surface area contributed by atoms with Gasteiger partial charge in [0.25, 0.3) is 5.91 Å². The summed E-state index contributed by atoms with van der Waals surface area (Å²) in [5, 5.41) is 4.10. The van der Waals surface area contributed by atoms with Crippen LogP contribution in [-0.4, -0.2) is 17.1 Å². The van der Waals surface area contributed by atoms with Gasteiger partial charge in [-0.05, 0) is 72.5 Å². The van der Waals surface area contributed by atoms with Crippen molar-refractivity contribution in [1.29, 1.82) is 0 Å². The fourth-order valence-electron chi connectivity index (χ4n) is 3.26. The van der Waals surface area contributed by atoms with Crippen LogP contribution >= 0.6 is 35.0 Å². The number of anilines is 1. The molecular weight excluding hydrogens is 447 g/mol. The summed E-state index contributed by atoms with van der Waals surface area (Å²) < 4.78 is 0. The third kappa shape index (κ3) is 4.93. The number of nitrogens with zero attached hydrogens (tertiary/aromatic N) is 1. The molecule has 0 fully saturated rings. The highest BCUT2D eigenvalue weighted by molar-refractivity contribution is 7.98. The molecule has 0 atom stereocenters. The van der Waals surface area contributed by atoms with Gasteiger partial charge in [-0.3, -0.25) is 9.78 Å². The predicted octanol–water partition coefficient (Wildman–Crippen LogP) is 7.70. The van der Waals surface area contributed by atoms with Crippen LogP contribution < -0.4 is 5.32 Å². The monoisotopic (exact) mass is 464 g/mol. The van der Waals surface area contributed by atoms with Crippen LogP contribution in [0.1, 0.15) is 10.4 Å². The Morgan fingerprint density at radius 3 is 2.55 bits per heavy atom. The number of hydrogen-bond acceptors (Lipinski definition) is 3. The lowest BCUT2D eigenvalue weighted by Crippen LogP contribution is -2.13. The van der Waals surface area contributed by atoms with E-state index >= 15 is 0 Å². The van der Waals surface area contributed by atoms with E-state index in [2.05, 4.69) is 10.3 Å². The van der Waals surface area contributed by atoms with Crippen molar-refractivity contribution in [2.45, 2.75) is 4.90 Å². The van der Waals surface area contributed by atoms with Crippen LogP contribution in [0.4, 0.5) is 5.69 Å². The van der Waals surface area contributed by atoms with Crippen molar-refractivity contribution in [3.8, 4) is 22.4 Å². The molecule has 3 nitrogen and oxygen atoms in total. The number of carbonyl (C=O) groups is 1. The highest BCUT2D eigenvalue weighted by Crippen LogP contribution is 2.35. The second-order valence-corrected chi connectivity index (χ2v) is 8.51. The van der Waals surface area contributed by atoms with Crippen LogP contribution in [0.2, 0.25) is 10.0 Å². The molecule has 0 bridgehead atoms. The number of nitrogens with one attached hydrogen (secondary N) is 1. The number of pyridine rings is 1. The average molecular weight is 465 g/mol. The normalized spacial score (nSPS) is 10.7. The molecule has 4 rings (SSSR count). The fraction of sp³-hybridized carbons (Fsp3) is 0.0400. The van der Waals surface area contributed by atoms with Crippen LogP contribution in [0.3, 0.4) is 0 Å². The molecular formula is C25H18Cl2N2OS. The van der Waals surface area contributed by atoms with E-state index < -0.39 is 0 Å². The van der Waals surface area contributed by atoms with E-state index in [1.54, 1.807) is 36.2 Å². The lowest BCUT2D eigenvalue weighted by atomic mass is 9.99. The number of benzene rings is 3. The molecule has 6 heteroatoms. The zero-order valence-electron chi connectivity index (χ0n) is 16.6. The minimum Gasteiger partial charge on any atom is -0.322 e. The summed E-state index contributed by atoms with van der Waals surface area (Å²) in [6.45, 7) is 0. The Kier molecular flexibility index (Phi) is 6.62. The largest absolute Gasteiger partial charge is 0.322 e. The van der Waals surface area contributed by atoms with E-state index in [9.17, 15) is 4.79 Å². The highest BCUT2D eigenvalue weighted by atomic mass is 35.5. The lowest BCUT2D eigenvalue weighted by Gasteiger charge is -2.14. The van der Waals surface area contributed by atoms with E-state index in [-0.39, 0.29) is 5.91 Å². The number of hydrogen-bond donors (Lipinski definition) is 1. The summed E-state index contributed by atoms with van der Waals surface area (Å²) in [4.78, 5) is 18.6. The SMILES string of the molecule is CSc1ccc(C(=O)Nc2cccc(-c3ccccn3)c2)c(-c2cc(Cl)ccc2Cl)c1. The molecule has 0 aliphatic rings. The molecule has 0 unspecified atom stereocenters. The smallest absolute Gasteiger partial charge is 0.256 e. The number of aromatic nitrogens is 1. The Labute approximate surface area is 195 Å². The maximum atomic E-state index is 13.2. The number of thioether (sulfide) groups is 1. The topological polar surface area (TPSA) is 42.0 Å². The number of carbonyl (C=O) groups excluding carboxylic acids is 1. The standard InChI is InChI=1S/C25H18Cl2N2OS/c1-31-19-9-10-20(21(15-19)22-14-17(26)8-11-23(22)27)25(30)29-18-6-4-5-16(13-18)24-7-2-3-12-28-24/h2-15H,1H3,(H,29,30). The van der Waals surface area contributed by atoms with Gasteiger partial charge in [0, 0.05) is 43.5 Å². The molecule has 3 aromatic carbocycles. The molecule has 4 aromatic rings. The quantitative estimate of drug-likeness (QED) is 0.307. The van der Waals surface area contributed by atoms with Crippen LogP contribution in [0, 0.1) is 0 Å². The van der Waals surface area contributed by atoms with Gasteiger partial charge in [-0.1, -0.05) is 41.4 Å². The van der Waals surface area contributed by atoms with Gasteiger partial charge in [0.2, 0.25) is 0 Å². The molecule has 154 valence electrons. The summed E-state index contributed by atoms with van der Waals surface area (Å²) in [7, 11) is 0. The fourth-order valence-corrected chi connectivity index (χ4v) is 4.09. The first-order valence-electron chi connectivity index (χ1n) is 9.51. The van der Waals surface area contributed by atoms with E-state index in [0.29, 0.717) is 21.3 Å². The molecule has 1 amide bonds.